The van der Waals surface area contributed by atoms with E-state index in [0.29, 0.717) is 18.0 Å². The fourth-order valence-corrected chi connectivity index (χ4v) is 2.13. The van der Waals surface area contributed by atoms with Gasteiger partial charge >= 0.3 is 0 Å². The smallest absolute Gasteiger partial charge is 0.251 e. The van der Waals surface area contributed by atoms with Gasteiger partial charge in [-0.3, -0.25) is 4.79 Å². The van der Waals surface area contributed by atoms with E-state index in [2.05, 4.69) is 20.8 Å². The minimum Gasteiger partial charge on any atom is -0.381 e. The number of amides is 1. The summed E-state index contributed by atoms with van der Waals surface area (Å²) in [6.07, 6.45) is 2.52. The van der Waals surface area contributed by atoms with E-state index in [1.165, 1.54) is 11.0 Å². The maximum Gasteiger partial charge on any atom is 0.251 e. The van der Waals surface area contributed by atoms with Gasteiger partial charge in [-0.1, -0.05) is 0 Å². The Balaban J connectivity index is 1.60. The number of nitrogens with zero attached hydrogens (tertiary/aromatic N) is 4. The van der Waals surface area contributed by atoms with Gasteiger partial charge in [0.25, 0.3) is 5.91 Å². The molecule has 20 heavy (non-hydrogen) atoms. The zero-order chi connectivity index (χ0) is 13.8. The Hall–Kier alpha value is -2.28. The topological polar surface area (TPSA) is 81.9 Å². The van der Waals surface area contributed by atoms with Crippen LogP contribution in [0.5, 0.6) is 0 Å². The molecule has 0 spiro atoms. The number of tetrazole rings is 1. The zero-order valence-electron chi connectivity index (χ0n) is 10.9. The monoisotopic (exact) mass is 273 g/mol. The van der Waals surface area contributed by atoms with Crippen LogP contribution in [0.15, 0.2) is 30.6 Å². The van der Waals surface area contributed by atoms with Crippen LogP contribution in [-0.4, -0.2) is 45.9 Å². The highest BCUT2D eigenvalue weighted by Gasteiger charge is 2.16. The van der Waals surface area contributed by atoms with Gasteiger partial charge in [-0.25, -0.2) is 4.68 Å². The van der Waals surface area contributed by atoms with E-state index in [0.717, 1.165) is 25.3 Å². The van der Waals surface area contributed by atoms with Crippen LogP contribution in [0.1, 0.15) is 16.8 Å². The van der Waals surface area contributed by atoms with Crippen molar-refractivity contribution in [3.63, 3.8) is 0 Å². The molecule has 1 aliphatic heterocycles. The number of hydrogen-bond acceptors (Lipinski definition) is 5. The lowest BCUT2D eigenvalue weighted by molar-refractivity contribution is 0.0945. The minimum absolute atomic E-state index is 0.0693. The SMILES string of the molecule is O=C(NCC1CCOC1)c1ccc(-n2cnnn2)cc1. The third kappa shape index (κ3) is 2.83. The third-order valence-electron chi connectivity index (χ3n) is 3.32. The molecule has 1 saturated heterocycles. The maximum atomic E-state index is 12.0. The van der Waals surface area contributed by atoms with Crippen LogP contribution < -0.4 is 5.32 Å². The predicted octanol–water partition coefficient (Wildman–Crippen LogP) is 0.429. The summed E-state index contributed by atoms with van der Waals surface area (Å²) < 4.78 is 6.82. The quantitative estimate of drug-likeness (QED) is 0.873. The highest BCUT2D eigenvalue weighted by atomic mass is 16.5. The van der Waals surface area contributed by atoms with Gasteiger partial charge in [0, 0.05) is 24.6 Å². The molecule has 7 heteroatoms. The van der Waals surface area contributed by atoms with Crippen molar-refractivity contribution in [3.05, 3.63) is 36.2 Å². The number of ether oxygens (including phenoxy) is 1. The molecule has 2 heterocycles. The van der Waals surface area contributed by atoms with Gasteiger partial charge in [-0.05, 0) is 41.1 Å². The highest BCUT2D eigenvalue weighted by Crippen LogP contribution is 2.11. The second-order valence-corrected chi connectivity index (χ2v) is 4.74. The largest absolute Gasteiger partial charge is 0.381 e. The molecule has 2 aromatic rings. The molecule has 3 rings (SSSR count). The molecule has 7 nitrogen and oxygen atoms in total. The van der Waals surface area contributed by atoms with Gasteiger partial charge in [0.15, 0.2) is 0 Å². The molecule has 1 unspecified atom stereocenters. The van der Waals surface area contributed by atoms with E-state index in [1.807, 2.05) is 12.1 Å². The molecule has 1 aliphatic rings. The lowest BCUT2D eigenvalue weighted by Gasteiger charge is -2.09. The van der Waals surface area contributed by atoms with Crippen molar-refractivity contribution in [3.8, 4) is 5.69 Å². The Kier molecular flexibility index (Phi) is 3.69. The van der Waals surface area contributed by atoms with E-state index in [4.69, 9.17) is 4.74 Å². The summed E-state index contributed by atoms with van der Waals surface area (Å²) in [5, 5.41) is 13.9. The summed E-state index contributed by atoms with van der Waals surface area (Å²) in [4.78, 5) is 12.0. The van der Waals surface area contributed by atoms with E-state index >= 15 is 0 Å². The molecule has 1 fully saturated rings. The summed E-state index contributed by atoms with van der Waals surface area (Å²) in [6, 6.07) is 7.14. The number of carbonyl (C=O) groups is 1. The van der Waals surface area contributed by atoms with Crippen molar-refractivity contribution in [1.82, 2.24) is 25.5 Å². The van der Waals surface area contributed by atoms with E-state index in [9.17, 15) is 4.79 Å². The number of aromatic nitrogens is 4. The Labute approximate surface area is 115 Å². The van der Waals surface area contributed by atoms with Gasteiger partial charge in [-0.2, -0.15) is 0 Å². The Morgan fingerprint density at radius 3 is 2.90 bits per heavy atom. The van der Waals surface area contributed by atoms with Gasteiger partial charge < -0.3 is 10.1 Å². The van der Waals surface area contributed by atoms with Crippen LogP contribution >= 0.6 is 0 Å². The standard InChI is InChI=1S/C13H15N5O2/c19-13(14-7-10-5-6-20-8-10)11-1-3-12(4-2-11)18-9-15-16-17-18/h1-4,9-10H,5-8H2,(H,14,19). The number of carbonyl (C=O) groups excluding carboxylic acids is 1. The molecule has 104 valence electrons. The Morgan fingerprint density at radius 2 is 2.25 bits per heavy atom. The molecule has 1 amide bonds. The second-order valence-electron chi connectivity index (χ2n) is 4.74. The first-order chi connectivity index (χ1) is 9.83. The van der Waals surface area contributed by atoms with Crippen molar-refractivity contribution in [2.75, 3.05) is 19.8 Å². The summed E-state index contributed by atoms with van der Waals surface area (Å²) in [5.41, 5.74) is 1.44. The van der Waals surface area contributed by atoms with Gasteiger partial charge in [0.05, 0.1) is 12.3 Å². The normalized spacial score (nSPS) is 18.1. The average molecular weight is 273 g/mol. The lowest BCUT2D eigenvalue weighted by Crippen LogP contribution is -2.29. The molecule has 0 saturated carbocycles. The predicted molar refractivity (Wildman–Crippen MR) is 70.4 cm³/mol. The van der Waals surface area contributed by atoms with E-state index in [-0.39, 0.29) is 5.91 Å². The molecule has 0 radical (unpaired) electrons. The molecule has 0 bridgehead atoms. The highest BCUT2D eigenvalue weighted by molar-refractivity contribution is 5.94. The van der Waals surface area contributed by atoms with Crippen LogP contribution in [0.2, 0.25) is 0 Å². The number of hydrogen-bond donors (Lipinski definition) is 1. The van der Waals surface area contributed by atoms with Crippen LogP contribution in [-0.2, 0) is 4.74 Å². The molecule has 1 aromatic heterocycles. The number of rotatable bonds is 4. The number of nitrogens with one attached hydrogen (secondary N) is 1. The maximum absolute atomic E-state index is 12.0. The average Bonchev–Trinajstić information content (AvgIpc) is 3.18. The first-order valence-corrected chi connectivity index (χ1v) is 6.52. The van der Waals surface area contributed by atoms with Crippen molar-refractivity contribution < 1.29 is 9.53 Å². The van der Waals surface area contributed by atoms with Crippen LogP contribution in [0, 0.1) is 5.92 Å². The van der Waals surface area contributed by atoms with Crippen LogP contribution in [0.25, 0.3) is 5.69 Å². The first-order valence-electron chi connectivity index (χ1n) is 6.52. The van der Waals surface area contributed by atoms with Gasteiger partial charge in [0.2, 0.25) is 0 Å². The second kappa shape index (κ2) is 5.79. The van der Waals surface area contributed by atoms with Crippen LogP contribution in [0.3, 0.4) is 0 Å². The van der Waals surface area contributed by atoms with E-state index < -0.39 is 0 Å². The zero-order valence-corrected chi connectivity index (χ0v) is 10.9. The fourth-order valence-electron chi connectivity index (χ4n) is 2.13. The van der Waals surface area contributed by atoms with Crippen molar-refractivity contribution in [2.24, 2.45) is 5.92 Å². The number of benzene rings is 1. The summed E-state index contributed by atoms with van der Waals surface area (Å²) in [5.74, 6) is 0.361. The molecule has 1 N–H and O–H groups in total. The summed E-state index contributed by atoms with van der Waals surface area (Å²) in [7, 11) is 0. The minimum atomic E-state index is -0.0693. The van der Waals surface area contributed by atoms with Crippen molar-refractivity contribution >= 4 is 5.91 Å². The molecule has 0 aliphatic carbocycles. The Morgan fingerprint density at radius 1 is 1.40 bits per heavy atom. The molecular weight excluding hydrogens is 258 g/mol. The van der Waals surface area contributed by atoms with Crippen LogP contribution in [0.4, 0.5) is 0 Å². The van der Waals surface area contributed by atoms with E-state index in [1.54, 1.807) is 12.1 Å². The first kappa shape index (κ1) is 12.7. The third-order valence-corrected chi connectivity index (χ3v) is 3.32. The van der Waals surface area contributed by atoms with Crippen molar-refractivity contribution in [2.45, 2.75) is 6.42 Å². The summed E-state index contributed by atoms with van der Waals surface area (Å²) >= 11 is 0. The molecule has 1 aromatic carbocycles. The lowest BCUT2D eigenvalue weighted by atomic mass is 10.1. The Bertz CT molecular complexity index is 561. The van der Waals surface area contributed by atoms with Crippen molar-refractivity contribution in [1.29, 1.82) is 0 Å². The fraction of sp³-hybridized carbons (Fsp3) is 0.385. The van der Waals surface area contributed by atoms with Gasteiger partial charge in [0.1, 0.15) is 6.33 Å². The van der Waals surface area contributed by atoms with Gasteiger partial charge in [-0.15, -0.1) is 5.10 Å². The summed E-state index contributed by atoms with van der Waals surface area (Å²) in [6.45, 7) is 2.19. The molecular formula is C13H15N5O2. The molecule has 1 atom stereocenters.